The third-order valence-electron chi connectivity index (χ3n) is 4.91. The van der Waals surface area contributed by atoms with Crippen molar-refractivity contribution < 1.29 is 4.74 Å². The van der Waals surface area contributed by atoms with Gasteiger partial charge in [-0.3, -0.25) is 0 Å². The van der Waals surface area contributed by atoms with Crippen LogP contribution in [-0.4, -0.2) is 19.8 Å². The van der Waals surface area contributed by atoms with Crippen molar-refractivity contribution in [3.05, 3.63) is 0 Å². The lowest BCUT2D eigenvalue weighted by molar-refractivity contribution is 0.0421. The molecule has 0 aromatic rings. The summed E-state index contributed by atoms with van der Waals surface area (Å²) in [6, 6.07) is 0. The van der Waals surface area contributed by atoms with Crippen molar-refractivity contribution in [2.24, 2.45) is 17.1 Å². The Morgan fingerprint density at radius 2 is 1.53 bits per heavy atom. The zero-order chi connectivity index (χ0) is 12.0. The number of rotatable bonds is 3. The highest BCUT2D eigenvalue weighted by atomic mass is 16.5. The molecular formula is C15H29NO. The van der Waals surface area contributed by atoms with Gasteiger partial charge in [0.25, 0.3) is 0 Å². The van der Waals surface area contributed by atoms with Gasteiger partial charge in [0, 0.05) is 13.2 Å². The van der Waals surface area contributed by atoms with Crippen LogP contribution in [0.5, 0.6) is 0 Å². The summed E-state index contributed by atoms with van der Waals surface area (Å²) in [6.45, 7) is 2.86. The van der Waals surface area contributed by atoms with E-state index in [-0.39, 0.29) is 0 Å². The van der Waals surface area contributed by atoms with Crippen LogP contribution in [0.1, 0.15) is 64.2 Å². The molecule has 1 heterocycles. The summed E-state index contributed by atoms with van der Waals surface area (Å²) in [4.78, 5) is 0. The van der Waals surface area contributed by atoms with Crippen LogP contribution in [0.25, 0.3) is 0 Å². The van der Waals surface area contributed by atoms with Crippen molar-refractivity contribution >= 4 is 0 Å². The Morgan fingerprint density at radius 1 is 0.941 bits per heavy atom. The van der Waals surface area contributed by atoms with E-state index in [2.05, 4.69) is 0 Å². The van der Waals surface area contributed by atoms with Crippen LogP contribution in [0.4, 0.5) is 0 Å². The third-order valence-corrected chi connectivity index (χ3v) is 4.91. The first-order chi connectivity index (χ1) is 8.35. The number of hydrogen-bond donors (Lipinski definition) is 1. The zero-order valence-electron chi connectivity index (χ0n) is 11.3. The van der Waals surface area contributed by atoms with Crippen LogP contribution in [-0.2, 0) is 4.74 Å². The summed E-state index contributed by atoms with van der Waals surface area (Å²) in [5.74, 6) is 0.881. The Labute approximate surface area is 106 Å². The molecule has 0 amide bonds. The Balaban J connectivity index is 1.90. The van der Waals surface area contributed by atoms with E-state index in [4.69, 9.17) is 10.5 Å². The largest absolute Gasteiger partial charge is 0.381 e. The molecule has 100 valence electrons. The smallest absolute Gasteiger partial charge is 0.0468 e. The molecule has 0 spiro atoms. The molecule has 2 N–H and O–H groups in total. The van der Waals surface area contributed by atoms with E-state index in [9.17, 15) is 0 Å². The Bertz CT molecular complexity index is 203. The van der Waals surface area contributed by atoms with Gasteiger partial charge >= 0.3 is 0 Å². The lowest BCUT2D eigenvalue weighted by atomic mass is 9.69. The highest BCUT2D eigenvalue weighted by Gasteiger charge is 2.32. The van der Waals surface area contributed by atoms with Crippen LogP contribution in [0.15, 0.2) is 0 Å². The van der Waals surface area contributed by atoms with Gasteiger partial charge in [-0.15, -0.1) is 0 Å². The quantitative estimate of drug-likeness (QED) is 0.818. The topological polar surface area (TPSA) is 35.2 Å². The number of ether oxygens (including phenoxy) is 1. The fourth-order valence-electron chi connectivity index (χ4n) is 3.71. The molecule has 0 aromatic heterocycles. The molecule has 0 atom stereocenters. The maximum absolute atomic E-state index is 6.14. The highest BCUT2D eigenvalue weighted by molar-refractivity contribution is 4.85. The molecule has 2 aliphatic rings. The first-order valence-electron chi connectivity index (χ1n) is 7.62. The molecule has 0 unspecified atom stereocenters. The van der Waals surface area contributed by atoms with E-state index in [1.54, 1.807) is 0 Å². The predicted molar refractivity (Wildman–Crippen MR) is 72.0 cm³/mol. The van der Waals surface area contributed by atoms with Gasteiger partial charge in [0.05, 0.1) is 0 Å². The van der Waals surface area contributed by atoms with E-state index < -0.39 is 0 Å². The summed E-state index contributed by atoms with van der Waals surface area (Å²) < 4.78 is 5.47. The molecule has 0 radical (unpaired) electrons. The average Bonchev–Trinajstić information content (AvgIpc) is 2.34. The molecule has 2 rings (SSSR count). The summed E-state index contributed by atoms with van der Waals surface area (Å²) in [6.07, 6.45) is 13.8. The monoisotopic (exact) mass is 239 g/mol. The number of nitrogens with two attached hydrogens (primary N) is 1. The minimum absolute atomic E-state index is 0.475. The van der Waals surface area contributed by atoms with Crippen LogP contribution in [0.3, 0.4) is 0 Å². The second-order valence-electron chi connectivity index (χ2n) is 6.23. The fourth-order valence-corrected chi connectivity index (χ4v) is 3.71. The molecule has 0 bridgehead atoms. The van der Waals surface area contributed by atoms with Crippen molar-refractivity contribution in [1.29, 1.82) is 0 Å². The highest BCUT2D eigenvalue weighted by Crippen LogP contribution is 2.40. The molecule has 0 aromatic carbocycles. The van der Waals surface area contributed by atoms with Gasteiger partial charge in [0.2, 0.25) is 0 Å². The first-order valence-corrected chi connectivity index (χ1v) is 7.62. The van der Waals surface area contributed by atoms with E-state index in [0.717, 1.165) is 25.7 Å². The lowest BCUT2D eigenvalue weighted by Gasteiger charge is -2.38. The molecule has 17 heavy (non-hydrogen) atoms. The normalized spacial score (nSPS) is 27.4. The van der Waals surface area contributed by atoms with E-state index in [1.165, 1.54) is 64.2 Å². The Morgan fingerprint density at radius 3 is 2.12 bits per heavy atom. The number of hydrogen-bond acceptors (Lipinski definition) is 2. The molecule has 2 nitrogen and oxygen atoms in total. The first kappa shape index (κ1) is 13.4. The van der Waals surface area contributed by atoms with Gasteiger partial charge in [0.15, 0.2) is 0 Å². The fraction of sp³-hybridized carbons (Fsp3) is 1.00. The van der Waals surface area contributed by atoms with Crippen molar-refractivity contribution in [3.63, 3.8) is 0 Å². The Kier molecular flexibility index (Phi) is 5.30. The zero-order valence-corrected chi connectivity index (χ0v) is 11.3. The Hall–Kier alpha value is -0.0800. The standard InChI is InChI=1S/C15H29NO/c16-13-15(8-4-2-1-3-5-9-15)12-14-6-10-17-11-7-14/h14H,1-13,16H2. The van der Waals surface area contributed by atoms with Crippen LogP contribution in [0, 0.1) is 11.3 Å². The third kappa shape index (κ3) is 3.96. The molecule has 1 aliphatic heterocycles. The maximum Gasteiger partial charge on any atom is 0.0468 e. The molecule has 1 saturated heterocycles. The van der Waals surface area contributed by atoms with Gasteiger partial charge in [-0.2, -0.15) is 0 Å². The van der Waals surface area contributed by atoms with Crippen LogP contribution < -0.4 is 5.73 Å². The van der Waals surface area contributed by atoms with Gasteiger partial charge in [-0.25, -0.2) is 0 Å². The minimum Gasteiger partial charge on any atom is -0.381 e. The summed E-state index contributed by atoms with van der Waals surface area (Å²) >= 11 is 0. The van der Waals surface area contributed by atoms with Crippen LogP contribution >= 0.6 is 0 Å². The summed E-state index contributed by atoms with van der Waals surface area (Å²) in [7, 11) is 0. The molecular weight excluding hydrogens is 210 g/mol. The molecule has 1 saturated carbocycles. The maximum atomic E-state index is 6.14. The molecule has 2 heteroatoms. The van der Waals surface area contributed by atoms with Gasteiger partial charge < -0.3 is 10.5 Å². The molecule has 1 aliphatic carbocycles. The minimum atomic E-state index is 0.475. The van der Waals surface area contributed by atoms with Crippen LogP contribution in [0.2, 0.25) is 0 Å². The average molecular weight is 239 g/mol. The van der Waals surface area contributed by atoms with Crippen molar-refractivity contribution in [2.45, 2.75) is 64.2 Å². The predicted octanol–water partition coefficient (Wildman–Crippen LogP) is 3.49. The molecule has 2 fully saturated rings. The van der Waals surface area contributed by atoms with Gasteiger partial charge in [0.1, 0.15) is 0 Å². The summed E-state index contributed by atoms with van der Waals surface area (Å²) in [5, 5.41) is 0. The van der Waals surface area contributed by atoms with E-state index in [1.807, 2.05) is 0 Å². The van der Waals surface area contributed by atoms with E-state index in [0.29, 0.717) is 5.41 Å². The van der Waals surface area contributed by atoms with Gasteiger partial charge in [-0.1, -0.05) is 32.1 Å². The SMILES string of the molecule is NCC1(CC2CCOCC2)CCCCCCC1. The van der Waals surface area contributed by atoms with Gasteiger partial charge in [-0.05, 0) is 50.0 Å². The second-order valence-corrected chi connectivity index (χ2v) is 6.23. The van der Waals surface area contributed by atoms with Crippen molar-refractivity contribution in [1.82, 2.24) is 0 Å². The second kappa shape index (κ2) is 6.75. The lowest BCUT2D eigenvalue weighted by Crippen LogP contribution is -2.35. The summed E-state index contributed by atoms with van der Waals surface area (Å²) in [5.41, 5.74) is 6.62. The van der Waals surface area contributed by atoms with Crippen molar-refractivity contribution in [3.8, 4) is 0 Å². The van der Waals surface area contributed by atoms with Crippen molar-refractivity contribution in [2.75, 3.05) is 19.8 Å². The van der Waals surface area contributed by atoms with E-state index >= 15 is 0 Å².